The first-order valence-corrected chi connectivity index (χ1v) is 10.2. The van der Waals surface area contributed by atoms with Crippen molar-refractivity contribution in [3.05, 3.63) is 46.1 Å². The maximum absolute atomic E-state index is 10.9. The molecule has 1 aliphatic carbocycles. The van der Waals surface area contributed by atoms with E-state index >= 15 is 0 Å². The molecule has 29 heavy (non-hydrogen) atoms. The van der Waals surface area contributed by atoms with Gasteiger partial charge in [-0.2, -0.15) is 0 Å². The van der Waals surface area contributed by atoms with Crippen molar-refractivity contribution < 1.29 is 20.2 Å². The van der Waals surface area contributed by atoms with Crippen LogP contribution in [0, 0.1) is 11.8 Å². The Bertz CT molecular complexity index is 823. The zero-order chi connectivity index (χ0) is 20.7. The molecule has 0 bridgehead atoms. The van der Waals surface area contributed by atoms with Crippen molar-refractivity contribution in [2.75, 3.05) is 13.8 Å². The molecule has 0 saturated heterocycles. The van der Waals surface area contributed by atoms with Gasteiger partial charge in [-0.15, -0.1) is 0 Å². The highest BCUT2D eigenvalue weighted by molar-refractivity contribution is 6.42. The van der Waals surface area contributed by atoms with E-state index in [1.54, 1.807) is 18.2 Å². The van der Waals surface area contributed by atoms with Gasteiger partial charge in [-0.05, 0) is 30.3 Å². The molecule has 2 heterocycles. The van der Waals surface area contributed by atoms with Crippen molar-refractivity contribution in [1.29, 1.82) is 0 Å². The van der Waals surface area contributed by atoms with Crippen molar-refractivity contribution in [1.82, 2.24) is 15.7 Å². The number of halogens is 2. The average molecular weight is 443 g/mol. The lowest BCUT2D eigenvalue weighted by molar-refractivity contribution is -0.0340. The van der Waals surface area contributed by atoms with Crippen LogP contribution in [0.1, 0.15) is 18.1 Å². The SMILES string of the molecule is CONC1=NCNC2C1C=CN2[C@@H]1C[C@H]([C@H](O)c2ccc(Cl)c(Cl)c2)[C@@H](O)[C@H]1O. The van der Waals surface area contributed by atoms with Crippen molar-refractivity contribution in [2.24, 2.45) is 16.8 Å². The maximum atomic E-state index is 10.9. The van der Waals surface area contributed by atoms with Gasteiger partial charge in [0.05, 0.1) is 54.2 Å². The Kier molecular flexibility index (Phi) is 6.04. The van der Waals surface area contributed by atoms with E-state index in [2.05, 4.69) is 15.8 Å². The highest BCUT2D eigenvalue weighted by atomic mass is 35.5. The van der Waals surface area contributed by atoms with E-state index in [9.17, 15) is 15.3 Å². The summed E-state index contributed by atoms with van der Waals surface area (Å²) in [6.07, 6.45) is 1.08. The van der Waals surface area contributed by atoms with E-state index in [1.807, 2.05) is 17.2 Å². The van der Waals surface area contributed by atoms with E-state index in [4.69, 9.17) is 28.0 Å². The topological polar surface area (TPSA) is 110 Å². The lowest BCUT2D eigenvalue weighted by Crippen LogP contribution is -2.56. The second kappa shape index (κ2) is 8.39. The van der Waals surface area contributed by atoms with Crippen LogP contribution in [-0.4, -0.2) is 64.2 Å². The second-order valence-corrected chi connectivity index (χ2v) is 8.35. The molecule has 0 aromatic heterocycles. The number of nitrogens with one attached hydrogen (secondary N) is 2. The number of hydrogen-bond donors (Lipinski definition) is 5. The van der Waals surface area contributed by atoms with Gasteiger partial charge in [0.25, 0.3) is 0 Å². The molecule has 1 fully saturated rings. The molecule has 1 aromatic rings. The van der Waals surface area contributed by atoms with E-state index < -0.39 is 24.2 Å². The van der Waals surface area contributed by atoms with Crippen LogP contribution in [0.15, 0.2) is 35.5 Å². The summed E-state index contributed by atoms with van der Waals surface area (Å²) in [7, 11) is 1.53. The van der Waals surface area contributed by atoms with E-state index in [-0.39, 0.29) is 18.1 Å². The van der Waals surface area contributed by atoms with Crippen LogP contribution in [0.4, 0.5) is 0 Å². The Morgan fingerprint density at radius 3 is 2.79 bits per heavy atom. The summed E-state index contributed by atoms with van der Waals surface area (Å²) in [5.74, 6) is 0.0936. The number of hydroxylamine groups is 1. The van der Waals surface area contributed by atoms with Crippen molar-refractivity contribution in [3.63, 3.8) is 0 Å². The molecule has 0 radical (unpaired) electrons. The Hall–Kier alpha value is -1.39. The average Bonchev–Trinajstić information content (AvgIpc) is 3.26. The molecule has 0 amide bonds. The van der Waals surface area contributed by atoms with Gasteiger partial charge in [-0.25, -0.2) is 0 Å². The number of rotatable bonds is 4. The molecule has 4 rings (SSSR count). The van der Waals surface area contributed by atoms with E-state index in [0.717, 1.165) is 0 Å². The zero-order valence-electron chi connectivity index (χ0n) is 15.7. The highest BCUT2D eigenvalue weighted by Gasteiger charge is 2.50. The zero-order valence-corrected chi connectivity index (χ0v) is 17.3. The molecule has 1 saturated carbocycles. The van der Waals surface area contributed by atoms with Gasteiger partial charge >= 0.3 is 0 Å². The number of aliphatic imine (C=N–C) groups is 1. The lowest BCUT2D eigenvalue weighted by Gasteiger charge is -2.38. The van der Waals surface area contributed by atoms with Gasteiger partial charge in [0.15, 0.2) is 0 Å². The third-order valence-corrected chi connectivity index (χ3v) is 6.71. The first-order valence-electron chi connectivity index (χ1n) is 9.44. The van der Waals surface area contributed by atoms with Crippen molar-refractivity contribution in [3.8, 4) is 0 Å². The summed E-state index contributed by atoms with van der Waals surface area (Å²) in [4.78, 5) is 11.4. The third-order valence-electron chi connectivity index (χ3n) is 5.97. The second-order valence-electron chi connectivity index (χ2n) is 7.54. The van der Waals surface area contributed by atoms with Crippen LogP contribution in [0.3, 0.4) is 0 Å². The molecular weight excluding hydrogens is 419 g/mol. The molecule has 0 spiro atoms. The first kappa shape index (κ1) is 20.9. The fourth-order valence-corrected chi connectivity index (χ4v) is 4.80. The Balaban J connectivity index is 1.51. The largest absolute Gasteiger partial charge is 0.390 e. The molecule has 8 nitrogen and oxygen atoms in total. The number of fused-ring (bicyclic) bond motifs is 1. The quantitative estimate of drug-likeness (QED) is 0.442. The fourth-order valence-electron chi connectivity index (χ4n) is 4.50. The summed E-state index contributed by atoms with van der Waals surface area (Å²) in [5.41, 5.74) is 3.36. The van der Waals surface area contributed by atoms with Crippen molar-refractivity contribution >= 4 is 29.0 Å². The molecule has 1 aromatic carbocycles. The molecule has 2 aliphatic heterocycles. The minimum absolute atomic E-state index is 0.0629. The predicted molar refractivity (Wildman–Crippen MR) is 109 cm³/mol. The number of nitrogens with zero attached hydrogens (tertiary/aromatic N) is 2. The third kappa shape index (κ3) is 3.74. The molecule has 2 unspecified atom stereocenters. The van der Waals surface area contributed by atoms with Gasteiger partial charge in [0.1, 0.15) is 11.9 Å². The van der Waals surface area contributed by atoms with Crippen LogP contribution in [0.2, 0.25) is 10.0 Å². The van der Waals surface area contributed by atoms with E-state index in [1.165, 1.54) is 7.11 Å². The minimum Gasteiger partial charge on any atom is -0.390 e. The van der Waals surface area contributed by atoms with Crippen LogP contribution < -0.4 is 10.8 Å². The van der Waals surface area contributed by atoms with Crippen LogP contribution in [-0.2, 0) is 4.84 Å². The van der Waals surface area contributed by atoms with Gasteiger partial charge in [-0.3, -0.25) is 20.6 Å². The van der Waals surface area contributed by atoms with Crippen LogP contribution in [0.25, 0.3) is 0 Å². The first-order chi connectivity index (χ1) is 13.9. The number of aliphatic hydroxyl groups is 3. The smallest absolute Gasteiger partial charge is 0.132 e. The monoisotopic (exact) mass is 442 g/mol. The lowest BCUT2D eigenvalue weighted by atomic mass is 9.92. The van der Waals surface area contributed by atoms with Gasteiger partial charge in [0, 0.05) is 5.92 Å². The molecule has 5 N–H and O–H groups in total. The predicted octanol–water partition coefficient (Wildman–Crippen LogP) is 1.02. The summed E-state index contributed by atoms with van der Waals surface area (Å²) >= 11 is 12.0. The molecular formula is C19H24Cl2N4O4. The summed E-state index contributed by atoms with van der Waals surface area (Å²) in [5, 5.41) is 36.3. The molecule has 158 valence electrons. The minimum atomic E-state index is -1.08. The van der Waals surface area contributed by atoms with Crippen LogP contribution >= 0.6 is 23.2 Å². The van der Waals surface area contributed by atoms with Gasteiger partial charge in [-0.1, -0.05) is 35.3 Å². The standard InChI is InChI=1S/C19H24Cl2N4O4/c1-29-24-18-10-4-5-25(19(10)23-8-22-18)14-7-11(16(27)17(14)28)15(26)9-2-3-12(20)13(21)6-9/h2-6,10-11,14-17,19,23,26-28H,7-8H2,1H3,(H,22,24)/t10?,11-,14-,15-,16-,17+,19?/m1/s1. The number of amidine groups is 1. The number of hydrogen-bond acceptors (Lipinski definition) is 8. The molecule has 10 heteroatoms. The van der Waals surface area contributed by atoms with Crippen LogP contribution in [0.5, 0.6) is 0 Å². The summed E-state index contributed by atoms with van der Waals surface area (Å²) in [6, 6.07) is 4.52. The Labute approximate surface area is 178 Å². The summed E-state index contributed by atoms with van der Waals surface area (Å²) < 4.78 is 0. The fraction of sp³-hybridized carbons (Fsp3) is 0.526. The number of aliphatic hydroxyl groups excluding tert-OH is 3. The normalized spacial score (nSPS) is 34.8. The molecule has 7 atom stereocenters. The molecule has 3 aliphatic rings. The van der Waals surface area contributed by atoms with Gasteiger partial charge in [0.2, 0.25) is 0 Å². The summed E-state index contributed by atoms with van der Waals surface area (Å²) in [6.45, 7) is 0.408. The maximum Gasteiger partial charge on any atom is 0.132 e. The van der Waals surface area contributed by atoms with E-state index in [0.29, 0.717) is 34.5 Å². The Morgan fingerprint density at radius 2 is 2.07 bits per heavy atom. The van der Waals surface area contributed by atoms with Crippen molar-refractivity contribution in [2.45, 2.75) is 36.9 Å². The van der Waals surface area contributed by atoms with Gasteiger partial charge < -0.3 is 20.2 Å². The number of benzene rings is 1. The highest BCUT2D eigenvalue weighted by Crippen LogP contribution is 2.41. The Morgan fingerprint density at radius 1 is 1.28 bits per heavy atom.